The number of nitrogens with zero attached hydrogens (tertiary/aromatic N) is 3. The van der Waals surface area contributed by atoms with Crippen molar-refractivity contribution in [1.82, 2.24) is 14.4 Å². The third kappa shape index (κ3) is 7.47. The van der Waals surface area contributed by atoms with Crippen molar-refractivity contribution in [2.24, 2.45) is 0 Å². The molecule has 1 aromatic heterocycles. The smallest absolute Gasteiger partial charge is 0.243 e. The monoisotopic (exact) mass is 582 g/mol. The summed E-state index contributed by atoms with van der Waals surface area (Å²) in [4.78, 5) is 17.4. The van der Waals surface area contributed by atoms with Gasteiger partial charge in [-0.2, -0.15) is 9.29 Å². The van der Waals surface area contributed by atoms with Crippen LogP contribution in [0.1, 0.15) is 49.5 Å². The second kappa shape index (κ2) is 13.1. The van der Waals surface area contributed by atoms with Gasteiger partial charge in [-0.05, 0) is 48.4 Å². The van der Waals surface area contributed by atoms with Crippen LogP contribution in [0.3, 0.4) is 0 Å². The molecular weight excluding hydrogens is 552 g/mol. The average Bonchev–Trinajstić information content (AvgIpc) is 3.40. The second-order valence-electron chi connectivity index (χ2n) is 9.41. The Morgan fingerprint density at radius 3 is 2.40 bits per heavy atom. The van der Waals surface area contributed by atoms with Crippen LogP contribution in [-0.2, 0) is 27.8 Å². The number of carbonyl (C=O) groups is 1. The van der Waals surface area contributed by atoms with E-state index in [-0.39, 0.29) is 22.4 Å². The third-order valence-corrected chi connectivity index (χ3v) is 8.02. The molecule has 0 aliphatic heterocycles. The minimum atomic E-state index is -4.08. The first-order valence-electron chi connectivity index (χ1n) is 12.8. The molecule has 0 unspecified atom stereocenters. The Morgan fingerprint density at radius 2 is 1.77 bits per heavy atom. The summed E-state index contributed by atoms with van der Waals surface area (Å²) in [5.74, 6) is 1.22. The lowest BCUT2D eigenvalue weighted by Crippen LogP contribution is -2.37. The lowest BCUT2D eigenvalue weighted by molar-refractivity contribution is -0.116. The summed E-state index contributed by atoms with van der Waals surface area (Å²) in [5, 5.41) is 6.97. The van der Waals surface area contributed by atoms with Crippen LogP contribution in [0, 0.1) is 0 Å². The molecule has 0 atom stereocenters. The standard InChI is InChI=1S/C29H31ClN4O5S/c1-4-38-26-15-14-24(17-25(26)30)40(36,37)34(18-22-8-6-5-7-9-22)19-28(35)31-23-12-10-21(11-13-23)16-27-32-29(20(2)3)39-33-27/h5-15,17,20H,4,16,18-19H2,1-3H3,(H,31,35). The maximum Gasteiger partial charge on any atom is 0.243 e. The SMILES string of the molecule is CCOc1ccc(S(=O)(=O)N(CC(=O)Nc2ccc(Cc3noc(C(C)C)n3)cc2)Cc2ccccc2)cc1Cl. The summed E-state index contributed by atoms with van der Waals surface area (Å²) in [7, 11) is -4.08. The van der Waals surface area contributed by atoms with E-state index < -0.39 is 22.5 Å². The molecule has 1 amide bonds. The van der Waals surface area contributed by atoms with E-state index in [1.165, 1.54) is 18.2 Å². The van der Waals surface area contributed by atoms with Crippen LogP contribution < -0.4 is 10.1 Å². The molecule has 11 heteroatoms. The maximum atomic E-state index is 13.6. The van der Waals surface area contributed by atoms with Crippen molar-refractivity contribution in [3.8, 4) is 5.75 Å². The Bertz CT molecular complexity index is 1540. The van der Waals surface area contributed by atoms with Crippen molar-refractivity contribution >= 4 is 33.2 Å². The van der Waals surface area contributed by atoms with E-state index in [0.29, 0.717) is 36.2 Å². The van der Waals surface area contributed by atoms with Crippen molar-refractivity contribution in [3.63, 3.8) is 0 Å². The quantitative estimate of drug-likeness (QED) is 0.229. The summed E-state index contributed by atoms with van der Waals surface area (Å²) in [6.07, 6.45) is 0.484. The normalized spacial score (nSPS) is 11.7. The molecule has 0 fully saturated rings. The van der Waals surface area contributed by atoms with E-state index in [1.54, 1.807) is 24.3 Å². The second-order valence-corrected chi connectivity index (χ2v) is 11.8. The van der Waals surface area contributed by atoms with E-state index >= 15 is 0 Å². The highest BCUT2D eigenvalue weighted by Gasteiger charge is 2.28. The van der Waals surface area contributed by atoms with Gasteiger partial charge in [0.1, 0.15) is 5.75 Å². The zero-order valence-corrected chi connectivity index (χ0v) is 24.1. The Kier molecular flexibility index (Phi) is 9.57. The fraction of sp³-hybridized carbons (Fsp3) is 0.276. The molecular formula is C29H31ClN4O5S. The van der Waals surface area contributed by atoms with E-state index in [1.807, 2.05) is 51.1 Å². The highest BCUT2D eigenvalue weighted by Crippen LogP contribution is 2.29. The van der Waals surface area contributed by atoms with Crippen LogP contribution in [0.15, 0.2) is 82.2 Å². The number of sulfonamides is 1. The number of halogens is 1. The number of aromatic nitrogens is 2. The molecule has 0 aliphatic carbocycles. The Labute approximate surface area is 239 Å². The lowest BCUT2D eigenvalue weighted by atomic mass is 10.1. The van der Waals surface area contributed by atoms with Crippen LogP contribution in [-0.4, -0.2) is 41.9 Å². The topological polar surface area (TPSA) is 115 Å². The molecule has 0 saturated heterocycles. The molecule has 0 radical (unpaired) electrons. The third-order valence-electron chi connectivity index (χ3n) is 5.94. The zero-order chi connectivity index (χ0) is 28.7. The van der Waals surface area contributed by atoms with Crippen molar-refractivity contribution in [2.75, 3.05) is 18.5 Å². The Hall–Kier alpha value is -3.73. The fourth-order valence-electron chi connectivity index (χ4n) is 3.90. The molecule has 0 saturated carbocycles. The molecule has 4 aromatic rings. The molecule has 0 spiro atoms. The van der Waals surface area contributed by atoms with Crippen molar-refractivity contribution < 1.29 is 22.5 Å². The molecule has 0 aliphatic rings. The molecule has 210 valence electrons. The lowest BCUT2D eigenvalue weighted by Gasteiger charge is -2.22. The van der Waals surface area contributed by atoms with Crippen molar-refractivity contribution in [3.05, 3.63) is 101 Å². The van der Waals surface area contributed by atoms with Gasteiger partial charge in [0.25, 0.3) is 0 Å². The van der Waals surface area contributed by atoms with Crippen LogP contribution in [0.25, 0.3) is 0 Å². The number of rotatable bonds is 12. The number of carbonyl (C=O) groups excluding carboxylic acids is 1. The van der Waals surface area contributed by atoms with Gasteiger partial charge in [-0.25, -0.2) is 8.42 Å². The van der Waals surface area contributed by atoms with Crippen LogP contribution >= 0.6 is 11.6 Å². The fourth-order valence-corrected chi connectivity index (χ4v) is 5.61. The number of ether oxygens (including phenoxy) is 1. The largest absolute Gasteiger partial charge is 0.492 e. The van der Waals surface area contributed by atoms with Gasteiger partial charge in [0.05, 0.1) is 23.1 Å². The minimum absolute atomic E-state index is 0.00340. The first-order valence-corrected chi connectivity index (χ1v) is 14.6. The summed E-state index contributed by atoms with van der Waals surface area (Å²) >= 11 is 6.27. The maximum absolute atomic E-state index is 13.6. The number of benzene rings is 3. The molecule has 1 heterocycles. The summed E-state index contributed by atoms with van der Waals surface area (Å²) in [6.45, 7) is 5.77. The van der Waals surface area contributed by atoms with Crippen molar-refractivity contribution in [1.29, 1.82) is 0 Å². The molecule has 4 rings (SSSR count). The summed E-state index contributed by atoms with van der Waals surface area (Å²) in [6, 6.07) is 20.5. The van der Waals surface area contributed by atoms with E-state index in [9.17, 15) is 13.2 Å². The number of nitrogens with one attached hydrogen (secondary N) is 1. The van der Waals surface area contributed by atoms with Gasteiger partial charge in [-0.15, -0.1) is 0 Å². The number of amides is 1. The summed E-state index contributed by atoms with van der Waals surface area (Å²) < 4.78 is 39.1. The Morgan fingerprint density at radius 1 is 1.05 bits per heavy atom. The molecule has 1 N–H and O–H groups in total. The highest BCUT2D eigenvalue weighted by molar-refractivity contribution is 7.89. The molecule has 40 heavy (non-hydrogen) atoms. The van der Waals surface area contributed by atoms with Crippen LogP contribution in [0.2, 0.25) is 5.02 Å². The van der Waals surface area contributed by atoms with Gasteiger partial charge >= 0.3 is 0 Å². The average molecular weight is 583 g/mol. The van der Waals surface area contributed by atoms with E-state index in [0.717, 1.165) is 15.4 Å². The molecule has 9 nitrogen and oxygen atoms in total. The zero-order valence-electron chi connectivity index (χ0n) is 22.5. The molecule has 3 aromatic carbocycles. The van der Waals surface area contributed by atoms with Gasteiger partial charge in [0.2, 0.25) is 21.8 Å². The van der Waals surface area contributed by atoms with E-state index in [4.69, 9.17) is 20.9 Å². The van der Waals surface area contributed by atoms with Gasteiger partial charge in [0, 0.05) is 24.6 Å². The summed E-state index contributed by atoms with van der Waals surface area (Å²) in [5.41, 5.74) is 2.21. The first-order chi connectivity index (χ1) is 19.2. The molecule has 0 bridgehead atoms. The first kappa shape index (κ1) is 29.3. The minimum Gasteiger partial charge on any atom is -0.492 e. The van der Waals surface area contributed by atoms with E-state index in [2.05, 4.69) is 15.5 Å². The number of hydrogen-bond donors (Lipinski definition) is 1. The number of hydrogen-bond acceptors (Lipinski definition) is 7. The predicted octanol–water partition coefficient (Wildman–Crippen LogP) is 5.67. The van der Waals surface area contributed by atoms with Gasteiger partial charge in [0.15, 0.2) is 5.82 Å². The predicted molar refractivity (Wildman–Crippen MR) is 153 cm³/mol. The van der Waals surface area contributed by atoms with Crippen LogP contribution in [0.4, 0.5) is 5.69 Å². The highest BCUT2D eigenvalue weighted by atomic mass is 35.5. The number of anilines is 1. The van der Waals surface area contributed by atoms with Crippen LogP contribution in [0.5, 0.6) is 5.75 Å². The van der Waals surface area contributed by atoms with Gasteiger partial charge < -0.3 is 14.6 Å². The van der Waals surface area contributed by atoms with Gasteiger partial charge in [-0.1, -0.05) is 73.1 Å². The van der Waals surface area contributed by atoms with Crippen molar-refractivity contribution in [2.45, 2.75) is 44.6 Å². The Balaban J connectivity index is 1.48. The van der Waals surface area contributed by atoms with Gasteiger partial charge in [-0.3, -0.25) is 4.79 Å².